The van der Waals surface area contributed by atoms with Gasteiger partial charge in [-0.25, -0.2) is 9.59 Å². The number of aromatic carboxylic acids is 2. The van der Waals surface area contributed by atoms with Crippen LogP contribution in [0.5, 0.6) is 0 Å². The van der Waals surface area contributed by atoms with Crippen LogP contribution < -0.4 is 0 Å². The number of ketones is 1. The van der Waals surface area contributed by atoms with Crippen LogP contribution in [0.15, 0.2) is 12.1 Å². The first-order valence-corrected chi connectivity index (χ1v) is 12.1. The third kappa shape index (κ3) is 9.67. The molecule has 0 heterocycles. The molecule has 2 N–H and O–H groups in total. The van der Waals surface area contributed by atoms with E-state index in [0.717, 1.165) is 38.5 Å². The second kappa shape index (κ2) is 15.6. The standard InChI is InChI=1S/C26H40O5/c1-3-5-7-9-11-13-15-17-22(27)23-20(16-14-12-10-8-6-4-2)18-19-21(25(28)29)24(23)26(30)31/h18-19H,3-17H2,1-2H3,(H,28,29)(H,30,31). The zero-order valence-electron chi connectivity index (χ0n) is 19.4. The molecule has 1 rings (SSSR count). The van der Waals surface area contributed by atoms with Gasteiger partial charge in [-0.05, 0) is 30.9 Å². The highest BCUT2D eigenvalue weighted by Crippen LogP contribution is 2.25. The van der Waals surface area contributed by atoms with Crippen LogP contribution in [0.3, 0.4) is 0 Å². The van der Waals surface area contributed by atoms with Crippen LogP contribution in [-0.2, 0) is 6.42 Å². The van der Waals surface area contributed by atoms with Crippen LogP contribution in [0.4, 0.5) is 0 Å². The van der Waals surface area contributed by atoms with E-state index in [1.54, 1.807) is 6.07 Å². The summed E-state index contributed by atoms with van der Waals surface area (Å²) >= 11 is 0. The molecule has 0 amide bonds. The summed E-state index contributed by atoms with van der Waals surface area (Å²) in [5, 5.41) is 19.2. The molecule has 0 saturated carbocycles. The van der Waals surface area contributed by atoms with Crippen molar-refractivity contribution in [2.45, 2.75) is 110 Å². The Bertz CT molecular complexity index is 708. The van der Waals surface area contributed by atoms with Crippen molar-refractivity contribution >= 4 is 17.7 Å². The smallest absolute Gasteiger partial charge is 0.337 e. The number of carboxylic acid groups (broad SMARTS) is 2. The van der Waals surface area contributed by atoms with Gasteiger partial charge in [-0.15, -0.1) is 0 Å². The molecule has 0 aromatic heterocycles. The normalized spacial score (nSPS) is 10.9. The van der Waals surface area contributed by atoms with Crippen LogP contribution in [0.1, 0.15) is 140 Å². The number of carboxylic acids is 2. The molecule has 0 aliphatic carbocycles. The van der Waals surface area contributed by atoms with E-state index in [9.17, 15) is 24.6 Å². The Kier molecular flexibility index (Phi) is 13.5. The lowest BCUT2D eigenvalue weighted by atomic mass is 9.88. The minimum atomic E-state index is -1.34. The molecule has 0 radical (unpaired) electrons. The van der Waals surface area contributed by atoms with Crippen molar-refractivity contribution in [2.24, 2.45) is 0 Å². The van der Waals surface area contributed by atoms with Gasteiger partial charge >= 0.3 is 11.9 Å². The third-order valence-corrected chi connectivity index (χ3v) is 5.82. The van der Waals surface area contributed by atoms with Crippen LogP contribution in [0, 0.1) is 0 Å². The molecule has 0 spiro atoms. The van der Waals surface area contributed by atoms with Gasteiger partial charge in [-0.1, -0.05) is 90.5 Å². The molecule has 5 heteroatoms. The predicted octanol–water partition coefficient (Wildman–Crippen LogP) is 7.31. The summed E-state index contributed by atoms with van der Waals surface area (Å²) in [5.74, 6) is -2.89. The van der Waals surface area contributed by atoms with Crippen LogP contribution in [0.2, 0.25) is 0 Å². The first-order valence-electron chi connectivity index (χ1n) is 12.1. The maximum Gasteiger partial charge on any atom is 0.337 e. The number of rotatable bonds is 18. The molecule has 0 bridgehead atoms. The average Bonchev–Trinajstić information content (AvgIpc) is 2.74. The Morgan fingerprint density at radius 1 is 0.645 bits per heavy atom. The Morgan fingerprint density at radius 3 is 1.68 bits per heavy atom. The molecule has 1 aromatic carbocycles. The summed E-state index contributed by atoms with van der Waals surface area (Å²) in [5.41, 5.74) is 0.142. The van der Waals surface area contributed by atoms with Gasteiger partial charge in [0.25, 0.3) is 0 Å². The summed E-state index contributed by atoms with van der Waals surface area (Å²) in [6.07, 6.45) is 14.9. The molecule has 0 aliphatic rings. The molecular formula is C26H40O5. The summed E-state index contributed by atoms with van der Waals surface area (Å²) in [4.78, 5) is 36.5. The fraction of sp³-hybridized carbons (Fsp3) is 0.654. The van der Waals surface area contributed by atoms with E-state index in [0.29, 0.717) is 18.4 Å². The minimum Gasteiger partial charge on any atom is -0.478 e. The van der Waals surface area contributed by atoms with E-state index in [4.69, 9.17) is 0 Å². The highest BCUT2D eigenvalue weighted by atomic mass is 16.4. The summed E-state index contributed by atoms with van der Waals surface area (Å²) in [7, 11) is 0. The minimum absolute atomic E-state index is 0.118. The second-order valence-electron chi connectivity index (χ2n) is 8.44. The van der Waals surface area contributed by atoms with Gasteiger partial charge in [-0.3, -0.25) is 4.79 Å². The van der Waals surface area contributed by atoms with Crippen LogP contribution in [-0.4, -0.2) is 27.9 Å². The molecule has 0 fully saturated rings. The van der Waals surface area contributed by atoms with Crippen molar-refractivity contribution in [2.75, 3.05) is 0 Å². The van der Waals surface area contributed by atoms with Crippen molar-refractivity contribution in [1.29, 1.82) is 0 Å². The van der Waals surface area contributed by atoms with Crippen molar-refractivity contribution < 1.29 is 24.6 Å². The lowest BCUT2D eigenvalue weighted by molar-refractivity contribution is 0.0649. The summed E-state index contributed by atoms with van der Waals surface area (Å²) in [6.45, 7) is 4.34. The Labute approximate surface area is 187 Å². The van der Waals surface area contributed by atoms with Crippen molar-refractivity contribution in [1.82, 2.24) is 0 Å². The summed E-state index contributed by atoms with van der Waals surface area (Å²) < 4.78 is 0. The fourth-order valence-electron chi connectivity index (χ4n) is 4.04. The highest BCUT2D eigenvalue weighted by Gasteiger charge is 2.26. The molecule has 5 nitrogen and oxygen atoms in total. The fourth-order valence-corrected chi connectivity index (χ4v) is 4.04. The number of carbonyl (C=O) groups is 3. The van der Waals surface area contributed by atoms with Gasteiger partial charge in [-0.2, -0.15) is 0 Å². The molecule has 0 aliphatic heterocycles. The van der Waals surface area contributed by atoms with Gasteiger partial charge in [0.05, 0.1) is 11.1 Å². The zero-order valence-corrected chi connectivity index (χ0v) is 19.4. The lowest BCUT2D eigenvalue weighted by Crippen LogP contribution is -2.17. The molecule has 0 unspecified atom stereocenters. The number of hydrogen-bond acceptors (Lipinski definition) is 3. The van der Waals surface area contributed by atoms with E-state index < -0.39 is 11.9 Å². The second-order valence-corrected chi connectivity index (χ2v) is 8.44. The maximum absolute atomic E-state index is 13.0. The van der Waals surface area contributed by atoms with E-state index >= 15 is 0 Å². The molecule has 0 saturated heterocycles. The van der Waals surface area contributed by atoms with Gasteiger partial charge in [0.15, 0.2) is 5.78 Å². The van der Waals surface area contributed by atoms with E-state index in [1.807, 2.05) is 0 Å². The number of aryl methyl sites for hydroxylation is 1. The van der Waals surface area contributed by atoms with Gasteiger partial charge in [0, 0.05) is 12.0 Å². The molecule has 1 aromatic rings. The highest BCUT2D eigenvalue weighted by molar-refractivity contribution is 6.12. The number of Topliss-reactive ketones (excluding diaryl/α,β-unsaturated/α-hetero) is 1. The number of benzene rings is 1. The lowest BCUT2D eigenvalue weighted by Gasteiger charge is -2.14. The largest absolute Gasteiger partial charge is 0.478 e. The van der Waals surface area contributed by atoms with Crippen molar-refractivity contribution in [3.05, 3.63) is 34.4 Å². The predicted molar refractivity (Wildman–Crippen MR) is 124 cm³/mol. The Balaban J connectivity index is 2.90. The first-order chi connectivity index (χ1) is 14.9. The van der Waals surface area contributed by atoms with Gasteiger partial charge in [0.2, 0.25) is 0 Å². The molecule has 31 heavy (non-hydrogen) atoms. The Morgan fingerprint density at radius 2 is 1.16 bits per heavy atom. The maximum atomic E-state index is 13.0. The van der Waals surface area contributed by atoms with Crippen LogP contribution >= 0.6 is 0 Å². The topological polar surface area (TPSA) is 91.7 Å². The average molecular weight is 433 g/mol. The number of unbranched alkanes of at least 4 members (excludes halogenated alkanes) is 11. The van der Waals surface area contributed by atoms with E-state index in [1.165, 1.54) is 44.6 Å². The summed E-state index contributed by atoms with van der Waals surface area (Å²) in [6, 6.07) is 2.97. The zero-order chi connectivity index (χ0) is 23.1. The quantitative estimate of drug-likeness (QED) is 0.187. The monoisotopic (exact) mass is 432 g/mol. The third-order valence-electron chi connectivity index (χ3n) is 5.82. The van der Waals surface area contributed by atoms with Gasteiger partial charge in [0.1, 0.15) is 0 Å². The van der Waals surface area contributed by atoms with Crippen molar-refractivity contribution in [3.63, 3.8) is 0 Å². The van der Waals surface area contributed by atoms with Crippen LogP contribution in [0.25, 0.3) is 0 Å². The van der Waals surface area contributed by atoms with Gasteiger partial charge < -0.3 is 10.2 Å². The first kappa shape index (κ1) is 26.9. The number of hydrogen-bond donors (Lipinski definition) is 2. The van der Waals surface area contributed by atoms with Crippen molar-refractivity contribution in [3.8, 4) is 0 Å². The Hall–Kier alpha value is -2.17. The number of carbonyl (C=O) groups excluding carboxylic acids is 1. The molecule has 174 valence electrons. The van der Waals surface area contributed by atoms with E-state index in [2.05, 4.69) is 13.8 Å². The molecule has 0 atom stereocenters. The molecular weight excluding hydrogens is 392 g/mol. The van der Waals surface area contributed by atoms with E-state index in [-0.39, 0.29) is 28.9 Å². The SMILES string of the molecule is CCCCCCCCCC(=O)c1c(CCCCCCCC)ccc(C(=O)O)c1C(=O)O.